The van der Waals surface area contributed by atoms with Crippen LogP contribution in [0.2, 0.25) is 0 Å². The van der Waals surface area contributed by atoms with E-state index in [4.69, 9.17) is 0 Å². The Balaban J connectivity index is 1.68. The van der Waals surface area contributed by atoms with E-state index in [0.717, 1.165) is 30.2 Å². The average molecular weight is 350 g/mol. The summed E-state index contributed by atoms with van der Waals surface area (Å²) in [4.78, 5) is 14.9. The zero-order valence-electron chi connectivity index (χ0n) is 15.7. The maximum absolute atomic E-state index is 13.1. The highest BCUT2D eigenvalue weighted by Gasteiger charge is 2.38. The van der Waals surface area contributed by atoms with Crippen LogP contribution >= 0.6 is 0 Å². The molecule has 1 aliphatic rings. The molecular formula is C22H26N2O2. The number of rotatable bonds is 3. The summed E-state index contributed by atoms with van der Waals surface area (Å²) in [5, 5.41) is 12.8. The van der Waals surface area contributed by atoms with Crippen LogP contribution in [0.15, 0.2) is 42.5 Å². The highest BCUT2D eigenvalue weighted by molar-refractivity contribution is 6.10. The van der Waals surface area contributed by atoms with Crippen LogP contribution in [0.1, 0.15) is 43.0 Å². The van der Waals surface area contributed by atoms with Crippen LogP contribution in [0, 0.1) is 0 Å². The Morgan fingerprint density at radius 1 is 1.23 bits per heavy atom. The van der Waals surface area contributed by atoms with E-state index in [-0.39, 0.29) is 11.9 Å². The Morgan fingerprint density at radius 2 is 1.96 bits per heavy atom. The fourth-order valence-electron chi connectivity index (χ4n) is 4.40. The zero-order chi connectivity index (χ0) is 18.5. The molecule has 3 aromatic rings. The summed E-state index contributed by atoms with van der Waals surface area (Å²) in [6.45, 7) is 2.01. The molecule has 0 saturated heterocycles. The maximum Gasteiger partial charge on any atom is 0.253 e. The Bertz CT molecular complexity index is 990. The number of carbonyl (C=O) groups is 1. The number of hydrogen-bond acceptors (Lipinski definition) is 2. The van der Waals surface area contributed by atoms with Gasteiger partial charge in [-0.1, -0.05) is 25.1 Å². The van der Waals surface area contributed by atoms with E-state index in [0.29, 0.717) is 12.0 Å². The van der Waals surface area contributed by atoms with Gasteiger partial charge in [-0.3, -0.25) is 4.79 Å². The van der Waals surface area contributed by atoms with Gasteiger partial charge in [0.1, 0.15) is 0 Å². The first kappa shape index (κ1) is 17.1. The fraction of sp³-hybridized carbons (Fsp3) is 0.409. The van der Waals surface area contributed by atoms with Crippen molar-refractivity contribution in [1.82, 2.24) is 9.47 Å². The number of hydrogen-bond donors (Lipinski definition) is 1. The fourth-order valence-corrected chi connectivity index (χ4v) is 4.40. The predicted octanol–water partition coefficient (Wildman–Crippen LogP) is 4.10. The quantitative estimate of drug-likeness (QED) is 0.773. The molecule has 2 aromatic carbocycles. The minimum atomic E-state index is -0.612. The molecule has 1 fully saturated rings. The molecule has 1 saturated carbocycles. The van der Waals surface area contributed by atoms with Crippen molar-refractivity contribution in [1.29, 1.82) is 0 Å². The summed E-state index contributed by atoms with van der Waals surface area (Å²) in [6.07, 6.45) is 3.05. The summed E-state index contributed by atoms with van der Waals surface area (Å²) in [5.74, 6) is 0.0326. The summed E-state index contributed by atoms with van der Waals surface area (Å²) in [7, 11) is 3.92. The molecule has 26 heavy (non-hydrogen) atoms. The standard InChI is InChI=1S/C22H26N2O2/c1-4-22(26)12-11-16(14-22)23(2)21(25)15-9-10-20-18(13-15)17-7-5-6-8-19(17)24(20)3/h5-10,13,16,26H,4,11-12,14H2,1-3H3. The number of carbonyl (C=O) groups excluding carboxylic acids is 1. The highest BCUT2D eigenvalue weighted by Crippen LogP contribution is 2.35. The van der Waals surface area contributed by atoms with Crippen molar-refractivity contribution in [3.63, 3.8) is 0 Å². The Labute approximate surface area is 154 Å². The SMILES string of the molecule is CCC1(O)CCC(N(C)C(=O)c2ccc3c(c2)c2ccccc2n3C)C1. The van der Waals surface area contributed by atoms with Gasteiger partial charge in [-0.15, -0.1) is 0 Å². The van der Waals surface area contributed by atoms with Crippen molar-refractivity contribution in [3.8, 4) is 0 Å². The number of aromatic nitrogens is 1. The number of aryl methyl sites for hydroxylation is 1. The van der Waals surface area contributed by atoms with Gasteiger partial charge in [0.15, 0.2) is 0 Å². The molecule has 4 nitrogen and oxygen atoms in total. The molecule has 136 valence electrons. The van der Waals surface area contributed by atoms with E-state index in [1.165, 1.54) is 10.9 Å². The zero-order valence-corrected chi connectivity index (χ0v) is 15.7. The number of nitrogens with zero attached hydrogens (tertiary/aromatic N) is 2. The van der Waals surface area contributed by atoms with Crippen LogP contribution in [0.5, 0.6) is 0 Å². The number of aliphatic hydroxyl groups is 1. The van der Waals surface area contributed by atoms with Gasteiger partial charge < -0.3 is 14.6 Å². The molecule has 1 aromatic heterocycles. The third-order valence-electron chi connectivity index (χ3n) is 6.25. The Morgan fingerprint density at radius 3 is 2.69 bits per heavy atom. The maximum atomic E-state index is 13.1. The second kappa shape index (κ2) is 6.13. The molecule has 0 aliphatic heterocycles. The minimum absolute atomic E-state index is 0.0326. The average Bonchev–Trinajstić information content (AvgIpc) is 3.20. The van der Waals surface area contributed by atoms with Crippen molar-refractivity contribution in [3.05, 3.63) is 48.0 Å². The van der Waals surface area contributed by atoms with Crippen LogP contribution in [0.25, 0.3) is 21.8 Å². The van der Waals surface area contributed by atoms with Gasteiger partial charge in [-0.05, 0) is 49.9 Å². The lowest BCUT2D eigenvalue weighted by Gasteiger charge is -2.27. The van der Waals surface area contributed by atoms with E-state index in [1.54, 1.807) is 0 Å². The molecule has 2 atom stereocenters. The molecule has 2 unspecified atom stereocenters. The van der Waals surface area contributed by atoms with Gasteiger partial charge in [0.25, 0.3) is 5.91 Å². The Kier molecular flexibility index (Phi) is 4.03. The lowest BCUT2D eigenvalue weighted by Crippen LogP contribution is -2.37. The van der Waals surface area contributed by atoms with Crippen molar-refractivity contribution >= 4 is 27.7 Å². The first-order valence-corrected chi connectivity index (χ1v) is 9.40. The first-order valence-electron chi connectivity index (χ1n) is 9.40. The van der Waals surface area contributed by atoms with Gasteiger partial charge in [-0.2, -0.15) is 0 Å². The number of benzene rings is 2. The Hall–Kier alpha value is -2.33. The number of fused-ring (bicyclic) bond motifs is 3. The lowest BCUT2D eigenvalue weighted by atomic mass is 9.99. The topological polar surface area (TPSA) is 45.5 Å². The van der Waals surface area contributed by atoms with Crippen LogP contribution in [-0.4, -0.2) is 39.2 Å². The summed E-state index contributed by atoms with van der Waals surface area (Å²) < 4.78 is 2.17. The second-order valence-corrected chi connectivity index (χ2v) is 7.70. The monoisotopic (exact) mass is 350 g/mol. The largest absolute Gasteiger partial charge is 0.390 e. The molecule has 0 radical (unpaired) electrons. The van der Waals surface area contributed by atoms with Gasteiger partial charge >= 0.3 is 0 Å². The van der Waals surface area contributed by atoms with Crippen molar-refractivity contribution in [2.75, 3.05) is 7.05 Å². The van der Waals surface area contributed by atoms with Crippen LogP contribution < -0.4 is 0 Å². The van der Waals surface area contributed by atoms with E-state index in [2.05, 4.69) is 23.7 Å². The number of para-hydroxylation sites is 1. The van der Waals surface area contributed by atoms with Crippen molar-refractivity contribution < 1.29 is 9.90 Å². The second-order valence-electron chi connectivity index (χ2n) is 7.70. The molecular weight excluding hydrogens is 324 g/mol. The third kappa shape index (κ3) is 2.60. The van der Waals surface area contributed by atoms with Crippen molar-refractivity contribution in [2.45, 2.75) is 44.2 Å². The van der Waals surface area contributed by atoms with E-state index in [9.17, 15) is 9.90 Å². The van der Waals surface area contributed by atoms with Gasteiger partial charge in [-0.25, -0.2) is 0 Å². The van der Waals surface area contributed by atoms with E-state index in [1.807, 2.05) is 49.2 Å². The lowest BCUT2D eigenvalue weighted by molar-refractivity contribution is 0.0348. The van der Waals surface area contributed by atoms with Crippen molar-refractivity contribution in [2.24, 2.45) is 7.05 Å². The predicted molar refractivity (Wildman–Crippen MR) is 105 cm³/mol. The normalized spacial score (nSPS) is 23.0. The van der Waals surface area contributed by atoms with Crippen LogP contribution in [0.4, 0.5) is 0 Å². The molecule has 4 rings (SSSR count). The molecule has 1 amide bonds. The van der Waals surface area contributed by atoms with Gasteiger partial charge in [0.2, 0.25) is 0 Å². The minimum Gasteiger partial charge on any atom is -0.390 e. The van der Waals surface area contributed by atoms with Gasteiger partial charge in [0, 0.05) is 47.5 Å². The van der Waals surface area contributed by atoms with Crippen LogP contribution in [-0.2, 0) is 7.05 Å². The smallest absolute Gasteiger partial charge is 0.253 e. The van der Waals surface area contributed by atoms with E-state index < -0.39 is 5.60 Å². The summed E-state index contributed by atoms with van der Waals surface area (Å²) >= 11 is 0. The molecule has 1 heterocycles. The number of amides is 1. The molecule has 0 bridgehead atoms. The molecule has 0 spiro atoms. The molecule has 1 N–H and O–H groups in total. The van der Waals surface area contributed by atoms with E-state index >= 15 is 0 Å². The van der Waals surface area contributed by atoms with Gasteiger partial charge in [0.05, 0.1) is 5.60 Å². The highest BCUT2D eigenvalue weighted by atomic mass is 16.3. The molecule has 1 aliphatic carbocycles. The van der Waals surface area contributed by atoms with Crippen LogP contribution in [0.3, 0.4) is 0 Å². The molecule has 4 heteroatoms. The first-order chi connectivity index (χ1) is 12.4. The third-order valence-corrected chi connectivity index (χ3v) is 6.25. The summed E-state index contributed by atoms with van der Waals surface area (Å²) in [5.41, 5.74) is 2.40. The summed E-state index contributed by atoms with van der Waals surface area (Å²) in [6, 6.07) is 14.4.